The van der Waals surface area contributed by atoms with Gasteiger partial charge in [0, 0.05) is 32.6 Å². The van der Waals surface area contributed by atoms with Crippen LogP contribution in [0.3, 0.4) is 0 Å². The first-order chi connectivity index (χ1) is 11.2. The number of hydrogen-bond acceptors (Lipinski definition) is 3. The largest absolute Gasteiger partial charge is 0.416 e. The van der Waals surface area contributed by atoms with Crippen LogP contribution in [0.1, 0.15) is 43.2 Å². The number of aliphatic hydroxyl groups is 1. The number of halogens is 3. The lowest BCUT2D eigenvalue weighted by molar-refractivity contribution is -0.149. The molecule has 1 fully saturated rings. The number of carbonyl (C=O) groups excluding carboxylic acids is 1. The summed E-state index contributed by atoms with van der Waals surface area (Å²) in [5.41, 5.74) is -1.51. The van der Waals surface area contributed by atoms with E-state index in [4.69, 9.17) is 4.74 Å². The molecule has 0 aliphatic carbocycles. The third-order valence-electron chi connectivity index (χ3n) is 4.39. The second kappa shape index (κ2) is 7.53. The van der Waals surface area contributed by atoms with Crippen LogP contribution in [0.4, 0.5) is 13.2 Å². The fraction of sp³-hybridized carbons (Fsp3) is 0.588. The van der Waals surface area contributed by atoms with Gasteiger partial charge in [0.2, 0.25) is 0 Å². The minimum atomic E-state index is -4.36. The molecule has 1 aliphatic heterocycles. The Morgan fingerprint density at radius 2 is 2.04 bits per heavy atom. The Bertz CT molecular complexity index is 568. The minimum Gasteiger partial charge on any atom is -0.381 e. The molecule has 1 amide bonds. The number of amides is 1. The molecule has 0 aromatic heterocycles. The molecular weight excluding hydrogens is 323 g/mol. The van der Waals surface area contributed by atoms with Crippen LogP contribution in [-0.4, -0.2) is 36.4 Å². The molecule has 1 aromatic rings. The Hall–Kier alpha value is -1.60. The first kappa shape index (κ1) is 18.7. The molecule has 2 N–H and O–H groups in total. The first-order valence-corrected chi connectivity index (χ1v) is 7.98. The third kappa shape index (κ3) is 4.70. The zero-order valence-electron chi connectivity index (χ0n) is 13.5. The summed E-state index contributed by atoms with van der Waals surface area (Å²) >= 11 is 0. The van der Waals surface area contributed by atoms with Crippen molar-refractivity contribution in [2.45, 2.75) is 43.9 Å². The van der Waals surface area contributed by atoms with E-state index in [1.165, 1.54) is 6.07 Å². The quantitative estimate of drug-likeness (QED) is 0.863. The number of benzene rings is 1. The third-order valence-corrected chi connectivity index (χ3v) is 4.39. The van der Waals surface area contributed by atoms with Gasteiger partial charge in [-0.1, -0.05) is 25.1 Å². The van der Waals surface area contributed by atoms with Crippen LogP contribution in [0.2, 0.25) is 0 Å². The van der Waals surface area contributed by atoms with E-state index in [9.17, 15) is 23.1 Å². The van der Waals surface area contributed by atoms with Gasteiger partial charge in [-0.05, 0) is 24.0 Å². The molecule has 7 heteroatoms. The topological polar surface area (TPSA) is 58.6 Å². The van der Waals surface area contributed by atoms with E-state index in [1.54, 1.807) is 6.07 Å². The number of ether oxygens (including phenoxy) is 1. The van der Waals surface area contributed by atoms with Gasteiger partial charge in [0.05, 0.1) is 5.56 Å². The van der Waals surface area contributed by atoms with E-state index >= 15 is 0 Å². The van der Waals surface area contributed by atoms with E-state index in [0.717, 1.165) is 12.1 Å². The summed E-state index contributed by atoms with van der Waals surface area (Å²) in [6.45, 7) is 2.78. The second-order valence-corrected chi connectivity index (χ2v) is 6.21. The van der Waals surface area contributed by atoms with Crippen LogP contribution in [0.5, 0.6) is 0 Å². The highest BCUT2D eigenvalue weighted by molar-refractivity contribution is 5.84. The molecule has 24 heavy (non-hydrogen) atoms. The molecule has 2 rings (SSSR count). The van der Waals surface area contributed by atoms with Crippen molar-refractivity contribution >= 4 is 5.91 Å². The van der Waals surface area contributed by atoms with Crippen molar-refractivity contribution in [1.82, 2.24) is 5.32 Å². The van der Waals surface area contributed by atoms with Crippen molar-refractivity contribution in [3.05, 3.63) is 35.4 Å². The van der Waals surface area contributed by atoms with Gasteiger partial charge in [-0.3, -0.25) is 4.79 Å². The highest BCUT2D eigenvalue weighted by Crippen LogP contribution is 2.31. The Labute approximate surface area is 139 Å². The summed E-state index contributed by atoms with van der Waals surface area (Å²) in [7, 11) is 0. The molecule has 0 saturated carbocycles. The van der Waals surface area contributed by atoms with Crippen molar-refractivity contribution in [2.75, 3.05) is 19.8 Å². The van der Waals surface area contributed by atoms with Crippen LogP contribution in [0.25, 0.3) is 0 Å². The van der Waals surface area contributed by atoms with Gasteiger partial charge in [0.15, 0.2) is 0 Å². The lowest BCUT2D eigenvalue weighted by Crippen LogP contribution is -2.50. The van der Waals surface area contributed by atoms with Gasteiger partial charge >= 0.3 is 6.18 Å². The summed E-state index contributed by atoms with van der Waals surface area (Å²) in [4.78, 5) is 12.1. The summed E-state index contributed by atoms with van der Waals surface area (Å²) in [6, 6.07) is 5.21. The molecule has 4 nitrogen and oxygen atoms in total. The normalized spacial score (nSPS) is 18.9. The SMILES string of the molecule is C[C@@H](CCNC(=O)C1(O)CCOCC1)c1cccc(C(F)(F)F)c1. The standard InChI is InChI=1S/C17H22F3NO3/c1-12(13-3-2-4-14(11-13)17(18,19)20)5-8-21-15(22)16(23)6-9-24-10-7-16/h2-4,11-12,23H,5-10H2,1H3,(H,21,22)/t12-/m0/s1. The van der Waals surface area contributed by atoms with Gasteiger partial charge in [-0.15, -0.1) is 0 Å². The molecule has 1 aliphatic rings. The zero-order chi connectivity index (χ0) is 17.8. The average molecular weight is 345 g/mol. The Morgan fingerprint density at radius 3 is 2.67 bits per heavy atom. The Kier molecular flexibility index (Phi) is 5.87. The predicted octanol–water partition coefficient (Wildman–Crippen LogP) is 2.86. The monoisotopic (exact) mass is 345 g/mol. The molecule has 1 aromatic carbocycles. The van der Waals surface area contributed by atoms with E-state index in [2.05, 4.69) is 5.32 Å². The average Bonchev–Trinajstić information content (AvgIpc) is 2.54. The Balaban J connectivity index is 1.87. The van der Waals surface area contributed by atoms with Crippen LogP contribution >= 0.6 is 0 Å². The molecule has 0 unspecified atom stereocenters. The number of hydrogen-bond donors (Lipinski definition) is 2. The molecule has 1 atom stereocenters. The van der Waals surface area contributed by atoms with E-state index < -0.39 is 23.2 Å². The highest BCUT2D eigenvalue weighted by Gasteiger charge is 2.37. The van der Waals surface area contributed by atoms with Crippen molar-refractivity contribution in [1.29, 1.82) is 0 Å². The molecule has 0 bridgehead atoms. The summed E-state index contributed by atoms with van der Waals surface area (Å²) in [5, 5.41) is 12.9. The smallest absolute Gasteiger partial charge is 0.381 e. The molecule has 0 spiro atoms. The highest BCUT2D eigenvalue weighted by atomic mass is 19.4. The van der Waals surface area contributed by atoms with Crippen molar-refractivity contribution in [3.63, 3.8) is 0 Å². The number of carbonyl (C=O) groups is 1. The van der Waals surface area contributed by atoms with Crippen LogP contribution in [0, 0.1) is 0 Å². The maximum absolute atomic E-state index is 12.7. The predicted molar refractivity (Wildman–Crippen MR) is 82.5 cm³/mol. The van der Waals surface area contributed by atoms with Gasteiger partial charge < -0.3 is 15.2 Å². The fourth-order valence-electron chi connectivity index (χ4n) is 2.69. The van der Waals surface area contributed by atoms with E-state index in [1.807, 2.05) is 6.92 Å². The van der Waals surface area contributed by atoms with E-state index in [0.29, 0.717) is 31.7 Å². The summed E-state index contributed by atoms with van der Waals surface area (Å²) in [6.07, 6.45) is -3.38. The minimum absolute atomic E-state index is 0.142. The molecular formula is C17H22F3NO3. The molecule has 134 valence electrons. The maximum Gasteiger partial charge on any atom is 0.416 e. The second-order valence-electron chi connectivity index (χ2n) is 6.21. The fourth-order valence-corrected chi connectivity index (χ4v) is 2.69. The Morgan fingerprint density at radius 1 is 1.38 bits per heavy atom. The molecule has 1 heterocycles. The van der Waals surface area contributed by atoms with Gasteiger partial charge in [0.25, 0.3) is 5.91 Å². The van der Waals surface area contributed by atoms with Crippen molar-refractivity contribution in [3.8, 4) is 0 Å². The first-order valence-electron chi connectivity index (χ1n) is 7.98. The van der Waals surface area contributed by atoms with Gasteiger partial charge in [-0.2, -0.15) is 13.2 Å². The lowest BCUT2D eigenvalue weighted by Gasteiger charge is -2.30. The maximum atomic E-state index is 12.7. The van der Waals surface area contributed by atoms with Crippen LogP contribution in [-0.2, 0) is 15.7 Å². The molecule has 1 saturated heterocycles. The zero-order valence-corrected chi connectivity index (χ0v) is 13.5. The summed E-state index contributed by atoms with van der Waals surface area (Å²) < 4.78 is 43.3. The van der Waals surface area contributed by atoms with Crippen LogP contribution < -0.4 is 5.32 Å². The van der Waals surface area contributed by atoms with Gasteiger partial charge in [-0.25, -0.2) is 0 Å². The number of nitrogens with one attached hydrogen (secondary N) is 1. The van der Waals surface area contributed by atoms with Crippen LogP contribution in [0.15, 0.2) is 24.3 Å². The number of rotatable bonds is 5. The number of alkyl halides is 3. The summed E-state index contributed by atoms with van der Waals surface area (Å²) in [5.74, 6) is -0.584. The van der Waals surface area contributed by atoms with Gasteiger partial charge in [0.1, 0.15) is 5.60 Å². The van der Waals surface area contributed by atoms with Crippen molar-refractivity contribution < 1.29 is 27.8 Å². The van der Waals surface area contributed by atoms with E-state index in [-0.39, 0.29) is 18.8 Å². The van der Waals surface area contributed by atoms with Crippen molar-refractivity contribution in [2.24, 2.45) is 0 Å². The molecule has 0 radical (unpaired) electrons. The lowest BCUT2D eigenvalue weighted by atomic mass is 9.93.